The molecule has 4 nitrogen and oxygen atoms in total. The fourth-order valence-electron chi connectivity index (χ4n) is 0.656. The molecule has 0 aliphatic heterocycles. The number of aromatic carboxylic acids is 1. The van der Waals surface area contributed by atoms with Crippen LogP contribution in [0.1, 0.15) is 16.1 Å². The minimum Gasteiger partial charge on any atom is -0.478 e. The summed E-state index contributed by atoms with van der Waals surface area (Å²) in [6.45, 7) is 0. The molecule has 60 valence electrons. The molecule has 1 aromatic heterocycles. The van der Waals surface area contributed by atoms with Gasteiger partial charge < -0.3 is 5.11 Å². The fourth-order valence-corrected chi connectivity index (χ4v) is 0.891. The van der Waals surface area contributed by atoms with Gasteiger partial charge in [0.1, 0.15) is 16.9 Å². The van der Waals surface area contributed by atoms with Crippen molar-refractivity contribution in [2.75, 3.05) is 0 Å². The van der Waals surface area contributed by atoms with Gasteiger partial charge in [-0.15, -0.1) is 0 Å². The van der Waals surface area contributed by atoms with E-state index in [0.717, 1.165) is 0 Å². The van der Waals surface area contributed by atoms with E-state index in [1.165, 1.54) is 12.1 Å². The molecule has 0 bridgehead atoms. The summed E-state index contributed by atoms with van der Waals surface area (Å²) in [6, 6.07) is 4.29. The lowest BCUT2D eigenvalue weighted by Gasteiger charge is -1.95. The van der Waals surface area contributed by atoms with Gasteiger partial charge >= 0.3 is 5.97 Å². The van der Waals surface area contributed by atoms with Gasteiger partial charge in [-0.25, -0.2) is 9.78 Å². The van der Waals surface area contributed by atoms with Gasteiger partial charge in [-0.3, -0.25) is 0 Å². The standard InChI is InChI=1S/C7H3ClN2O2/c8-6-5(7(11)12)2-1-4(3-9)10-6/h1-2H,(H,11,12). The van der Waals surface area contributed by atoms with Gasteiger partial charge in [0.2, 0.25) is 0 Å². The van der Waals surface area contributed by atoms with E-state index in [1.807, 2.05) is 0 Å². The Balaban J connectivity index is 3.23. The van der Waals surface area contributed by atoms with Crippen LogP contribution in [0.25, 0.3) is 0 Å². The van der Waals surface area contributed by atoms with Gasteiger partial charge in [0.05, 0.1) is 5.56 Å². The number of nitrogens with zero attached hydrogens (tertiary/aromatic N) is 2. The number of carboxylic acid groups (broad SMARTS) is 1. The summed E-state index contributed by atoms with van der Waals surface area (Å²) in [6.07, 6.45) is 0. The molecule has 0 spiro atoms. The summed E-state index contributed by atoms with van der Waals surface area (Å²) in [7, 11) is 0. The topological polar surface area (TPSA) is 74.0 Å². The number of carbonyl (C=O) groups is 1. The Bertz CT molecular complexity index is 370. The van der Waals surface area contributed by atoms with Crippen molar-refractivity contribution >= 4 is 17.6 Å². The normalized spacial score (nSPS) is 9.00. The third-order valence-electron chi connectivity index (χ3n) is 1.19. The maximum atomic E-state index is 10.4. The summed E-state index contributed by atoms with van der Waals surface area (Å²) in [5.41, 5.74) is 0.000617. The average molecular weight is 183 g/mol. The van der Waals surface area contributed by atoms with E-state index >= 15 is 0 Å². The summed E-state index contributed by atoms with van der Waals surface area (Å²) in [5.74, 6) is -1.16. The molecule has 5 heteroatoms. The van der Waals surface area contributed by atoms with Crippen molar-refractivity contribution < 1.29 is 9.90 Å². The highest BCUT2D eigenvalue weighted by atomic mass is 35.5. The van der Waals surface area contributed by atoms with Crippen LogP contribution in [0.3, 0.4) is 0 Å². The predicted octanol–water partition coefficient (Wildman–Crippen LogP) is 1.30. The van der Waals surface area contributed by atoms with Gasteiger partial charge in [0.25, 0.3) is 0 Å². The Labute approximate surface area is 73.0 Å². The second-order valence-corrected chi connectivity index (χ2v) is 2.31. The Morgan fingerprint density at radius 3 is 2.75 bits per heavy atom. The molecule has 0 aliphatic rings. The monoisotopic (exact) mass is 182 g/mol. The van der Waals surface area contributed by atoms with Crippen LogP contribution < -0.4 is 0 Å². The molecule has 0 fully saturated rings. The second-order valence-electron chi connectivity index (χ2n) is 1.95. The van der Waals surface area contributed by atoms with E-state index in [0.29, 0.717) is 0 Å². The average Bonchev–Trinajstić information content (AvgIpc) is 2.03. The fraction of sp³-hybridized carbons (Fsp3) is 0. The van der Waals surface area contributed by atoms with Crippen LogP contribution in [-0.2, 0) is 0 Å². The smallest absolute Gasteiger partial charge is 0.338 e. The molecular formula is C7H3ClN2O2. The van der Waals surface area contributed by atoms with Crippen molar-refractivity contribution in [2.24, 2.45) is 0 Å². The van der Waals surface area contributed by atoms with Crippen LogP contribution in [-0.4, -0.2) is 16.1 Å². The van der Waals surface area contributed by atoms with E-state index in [1.54, 1.807) is 6.07 Å². The number of pyridine rings is 1. The largest absolute Gasteiger partial charge is 0.478 e. The lowest BCUT2D eigenvalue weighted by molar-refractivity contribution is 0.0696. The highest BCUT2D eigenvalue weighted by molar-refractivity contribution is 6.32. The van der Waals surface area contributed by atoms with E-state index in [2.05, 4.69) is 4.98 Å². The summed E-state index contributed by atoms with van der Waals surface area (Å²) in [4.78, 5) is 14.0. The number of carboxylic acids is 1. The van der Waals surface area contributed by atoms with Gasteiger partial charge in [-0.2, -0.15) is 5.26 Å². The van der Waals surface area contributed by atoms with Crippen LogP contribution in [0.2, 0.25) is 5.15 Å². The number of nitriles is 1. The molecule has 1 aromatic rings. The quantitative estimate of drug-likeness (QED) is 0.665. The van der Waals surface area contributed by atoms with Crippen LogP contribution >= 0.6 is 11.6 Å². The zero-order chi connectivity index (χ0) is 9.14. The first-order valence-corrected chi connectivity index (χ1v) is 3.33. The number of hydrogen-bond acceptors (Lipinski definition) is 3. The van der Waals surface area contributed by atoms with Crippen molar-refractivity contribution in [2.45, 2.75) is 0 Å². The Hall–Kier alpha value is -1.60. The minimum atomic E-state index is -1.16. The highest BCUT2D eigenvalue weighted by Crippen LogP contribution is 2.12. The third-order valence-corrected chi connectivity index (χ3v) is 1.48. The van der Waals surface area contributed by atoms with Crippen molar-refractivity contribution in [3.05, 3.63) is 28.5 Å². The maximum Gasteiger partial charge on any atom is 0.338 e. The van der Waals surface area contributed by atoms with E-state index in [-0.39, 0.29) is 16.4 Å². The predicted molar refractivity (Wildman–Crippen MR) is 40.9 cm³/mol. The molecule has 0 atom stereocenters. The molecule has 0 unspecified atom stereocenters. The van der Waals surface area contributed by atoms with E-state index in [9.17, 15) is 4.79 Å². The molecule has 12 heavy (non-hydrogen) atoms. The van der Waals surface area contributed by atoms with Crippen LogP contribution in [0, 0.1) is 11.3 Å². The number of aromatic nitrogens is 1. The van der Waals surface area contributed by atoms with Crippen LogP contribution in [0.5, 0.6) is 0 Å². The van der Waals surface area contributed by atoms with Crippen molar-refractivity contribution in [3.8, 4) is 6.07 Å². The second kappa shape index (κ2) is 3.20. The Kier molecular flexibility index (Phi) is 2.26. The molecule has 0 aromatic carbocycles. The first kappa shape index (κ1) is 8.50. The Morgan fingerprint density at radius 2 is 2.33 bits per heavy atom. The SMILES string of the molecule is N#Cc1ccc(C(=O)O)c(Cl)n1. The van der Waals surface area contributed by atoms with Gasteiger partial charge in [-0.1, -0.05) is 11.6 Å². The van der Waals surface area contributed by atoms with Crippen LogP contribution in [0.15, 0.2) is 12.1 Å². The Morgan fingerprint density at radius 1 is 1.67 bits per heavy atom. The first-order chi connectivity index (χ1) is 5.65. The molecule has 0 radical (unpaired) electrons. The third kappa shape index (κ3) is 1.52. The number of hydrogen-bond donors (Lipinski definition) is 1. The lowest BCUT2D eigenvalue weighted by atomic mass is 10.2. The van der Waals surface area contributed by atoms with Crippen LogP contribution in [0.4, 0.5) is 0 Å². The lowest BCUT2D eigenvalue weighted by Crippen LogP contribution is -1.99. The highest BCUT2D eigenvalue weighted by Gasteiger charge is 2.09. The molecule has 1 N–H and O–H groups in total. The minimum absolute atomic E-state index is 0.101. The summed E-state index contributed by atoms with van der Waals surface area (Å²) in [5, 5.41) is 16.7. The molecule has 1 heterocycles. The molecular weight excluding hydrogens is 180 g/mol. The van der Waals surface area contributed by atoms with Gasteiger partial charge in [-0.05, 0) is 12.1 Å². The van der Waals surface area contributed by atoms with Crippen molar-refractivity contribution in [1.29, 1.82) is 5.26 Å². The number of rotatable bonds is 1. The number of halogens is 1. The van der Waals surface area contributed by atoms with E-state index in [4.69, 9.17) is 22.0 Å². The molecule has 1 rings (SSSR count). The maximum absolute atomic E-state index is 10.4. The van der Waals surface area contributed by atoms with Crippen molar-refractivity contribution in [1.82, 2.24) is 4.98 Å². The molecule has 0 amide bonds. The zero-order valence-electron chi connectivity index (χ0n) is 5.78. The molecule has 0 aliphatic carbocycles. The van der Waals surface area contributed by atoms with Gasteiger partial charge in [0.15, 0.2) is 0 Å². The zero-order valence-corrected chi connectivity index (χ0v) is 6.54. The summed E-state index contributed by atoms with van der Waals surface area (Å²) < 4.78 is 0. The van der Waals surface area contributed by atoms with Gasteiger partial charge in [0, 0.05) is 0 Å². The molecule has 0 saturated heterocycles. The van der Waals surface area contributed by atoms with E-state index < -0.39 is 5.97 Å². The molecule has 0 saturated carbocycles. The summed E-state index contributed by atoms with van der Waals surface area (Å²) >= 11 is 5.46. The first-order valence-electron chi connectivity index (χ1n) is 2.95. The van der Waals surface area contributed by atoms with Crippen molar-refractivity contribution in [3.63, 3.8) is 0 Å².